The zero-order valence-electron chi connectivity index (χ0n) is 12.0. The molecule has 1 aromatic carbocycles. The van der Waals surface area contributed by atoms with E-state index in [2.05, 4.69) is 9.88 Å². The first kappa shape index (κ1) is 19.3. The number of piperidine rings is 1. The van der Waals surface area contributed by atoms with Crippen LogP contribution in [0.15, 0.2) is 30.5 Å². The number of aliphatic hydroxyl groups is 1. The van der Waals surface area contributed by atoms with Crippen molar-refractivity contribution in [2.45, 2.75) is 18.4 Å². The Labute approximate surface area is 147 Å². The van der Waals surface area contributed by atoms with Crippen LogP contribution < -0.4 is 10.6 Å². The molecule has 0 bridgehead atoms. The van der Waals surface area contributed by atoms with Crippen molar-refractivity contribution in [1.82, 2.24) is 4.98 Å². The number of hydrogen-bond acceptors (Lipinski definition) is 4. The maximum Gasteiger partial charge on any atom is 0.0803 e. The van der Waals surface area contributed by atoms with Gasteiger partial charge in [-0.15, -0.1) is 24.8 Å². The van der Waals surface area contributed by atoms with E-state index < -0.39 is 5.60 Å². The maximum absolute atomic E-state index is 10.2. The number of nitrogens with zero attached hydrogens (tertiary/aromatic N) is 2. The third-order valence-corrected chi connectivity index (χ3v) is 4.33. The molecule has 1 aromatic heterocycles. The zero-order chi connectivity index (χ0) is 14.2. The summed E-state index contributed by atoms with van der Waals surface area (Å²) in [5.41, 5.74) is 6.98. The Morgan fingerprint density at radius 1 is 1.23 bits per heavy atom. The first-order chi connectivity index (χ1) is 9.61. The van der Waals surface area contributed by atoms with Crippen molar-refractivity contribution in [3.05, 3.63) is 35.5 Å². The van der Waals surface area contributed by atoms with Gasteiger partial charge in [-0.05, 0) is 37.1 Å². The number of halogens is 3. The van der Waals surface area contributed by atoms with Gasteiger partial charge in [0.1, 0.15) is 0 Å². The van der Waals surface area contributed by atoms with E-state index in [1.54, 1.807) is 0 Å². The first-order valence-corrected chi connectivity index (χ1v) is 7.21. The molecule has 0 saturated carbocycles. The third kappa shape index (κ3) is 3.76. The Balaban J connectivity index is 0.00000121. The van der Waals surface area contributed by atoms with Crippen molar-refractivity contribution < 1.29 is 5.11 Å². The minimum atomic E-state index is -0.711. The molecule has 0 aliphatic carbocycles. The summed E-state index contributed by atoms with van der Waals surface area (Å²) < 4.78 is 0. The highest BCUT2D eigenvalue weighted by molar-refractivity contribution is 6.31. The van der Waals surface area contributed by atoms with Crippen LogP contribution in [0.25, 0.3) is 10.9 Å². The molecule has 4 nitrogen and oxygen atoms in total. The van der Waals surface area contributed by atoms with E-state index in [0.29, 0.717) is 24.4 Å². The standard InChI is InChI=1S/C15H18ClN3O.2ClH/c16-11-1-2-13-12(9-11)14(3-6-18-13)19-7-4-15(20,10-17)5-8-19;;/h1-3,6,9,20H,4-5,7-8,10,17H2;2*1H. The minimum absolute atomic E-state index is 0. The molecule has 22 heavy (non-hydrogen) atoms. The molecule has 0 spiro atoms. The van der Waals surface area contributed by atoms with Crippen molar-refractivity contribution in [2.24, 2.45) is 5.73 Å². The van der Waals surface area contributed by atoms with E-state index in [-0.39, 0.29) is 24.8 Å². The van der Waals surface area contributed by atoms with Crippen LogP contribution in [0.3, 0.4) is 0 Å². The molecule has 7 heteroatoms. The Kier molecular flexibility index (Phi) is 6.71. The van der Waals surface area contributed by atoms with Crippen LogP contribution in [0.5, 0.6) is 0 Å². The molecule has 1 saturated heterocycles. The molecule has 3 N–H and O–H groups in total. The van der Waals surface area contributed by atoms with E-state index >= 15 is 0 Å². The highest BCUT2D eigenvalue weighted by Crippen LogP contribution is 2.31. The molecule has 0 radical (unpaired) electrons. The number of hydrogen-bond donors (Lipinski definition) is 2. The Bertz CT molecular complexity index is 630. The molecule has 3 rings (SSSR count). The summed E-state index contributed by atoms with van der Waals surface area (Å²) in [6, 6.07) is 7.74. The number of nitrogens with two attached hydrogens (primary N) is 1. The second-order valence-electron chi connectivity index (χ2n) is 5.41. The van der Waals surface area contributed by atoms with Gasteiger partial charge in [-0.1, -0.05) is 11.6 Å². The lowest BCUT2D eigenvalue weighted by Crippen LogP contribution is -2.48. The fraction of sp³-hybridized carbons (Fsp3) is 0.400. The average Bonchev–Trinajstić information content (AvgIpc) is 2.48. The van der Waals surface area contributed by atoms with Gasteiger partial charge in [-0.3, -0.25) is 4.98 Å². The summed E-state index contributed by atoms with van der Waals surface area (Å²) in [6.45, 7) is 1.91. The van der Waals surface area contributed by atoms with Gasteiger partial charge in [0, 0.05) is 41.9 Å². The van der Waals surface area contributed by atoms with Crippen LogP contribution in [0.4, 0.5) is 5.69 Å². The largest absolute Gasteiger partial charge is 0.388 e. The van der Waals surface area contributed by atoms with Crippen LogP contribution >= 0.6 is 36.4 Å². The molecule has 2 heterocycles. The van der Waals surface area contributed by atoms with Gasteiger partial charge in [-0.25, -0.2) is 0 Å². The van der Waals surface area contributed by atoms with Crippen molar-refractivity contribution in [1.29, 1.82) is 0 Å². The Hall–Kier alpha value is -0.780. The molecular weight excluding hydrogens is 345 g/mol. The lowest BCUT2D eigenvalue weighted by Gasteiger charge is -2.39. The van der Waals surface area contributed by atoms with E-state index in [1.165, 1.54) is 0 Å². The topological polar surface area (TPSA) is 62.4 Å². The van der Waals surface area contributed by atoms with Gasteiger partial charge in [0.2, 0.25) is 0 Å². The molecule has 0 unspecified atom stereocenters. The summed E-state index contributed by atoms with van der Waals surface area (Å²) in [4.78, 5) is 6.64. The highest BCUT2D eigenvalue weighted by Gasteiger charge is 2.31. The molecule has 122 valence electrons. The summed E-state index contributed by atoms with van der Waals surface area (Å²) in [7, 11) is 0. The SMILES string of the molecule is Cl.Cl.NCC1(O)CCN(c2ccnc3ccc(Cl)cc23)CC1. The minimum Gasteiger partial charge on any atom is -0.388 e. The molecular formula is C15H20Cl3N3O. The lowest BCUT2D eigenvalue weighted by atomic mass is 9.91. The molecule has 1 fully saturated rings. The maximum atomic E-state index is 10.2. The summed E-state index contributed by atoms with van der Waals surface area (Å²) in [5.74, 6) is 0. The number of pyridine rings is 1. The number of aromatic nitrogens is 1. The number of rotatable bonds is 2. The van der Waals surface area contributed by atoms with E-state index in [4.69, 9.17) is 17.3 Å². The third-order valence-electron chi connectivity index (χ3n) is 4.10. The van der Waals surface area contributed by atoms with Crippen molar-refractivity contribution in [3.63, 3.8) is 0 Å². The second-order valence-corrected chi connectivity index (χ2v) is 5.84. The normalized spacial score (nSPS) is 16.8. The van der Waals surface area contributed by atoms with Crippen LogP contribution in [0.1, 0.15) is 12.8 Å². The fourth-order valence-corrected chi connectivity index (χ4v) is 2.92. The molecule has 0 atom stereocenters. The van der Waals surface area contributed by atoms with Crippen LogP contribution in [0.2, 0.25) is 5.02 Å². The van der Waals surface area contributed by atoms with Gasteiger partial charge in [-0.2, -0.15) is 0 Å². The van der Waals surface area contributed by atoms with Crippen molar-refractivity contribution >= 4 is 53.0 Å². The zero-order valence-corrected chi connectivity index (χ0v) is 14.4. The average molecular weight is 365 g/mol. The monoisotopic (exact) mass is 363 g/mol. The summed E-state index contributed by atoms with van der Waals surface area (Å²) >= 11 is 6.09. The summed E-state index contributed by atoms with van der Waals surface area (Å²) in [5, 5.41) is 12.0. The molecule has 1 aliphatic heterocycles. The van der Waals surface area contributed by atoms with Crippen LogP contribution in [0, 0.1) is 0 Å². The van der Waals surface area contributed by atoms with Crippen LogP contribution in [-0.2, 0) is 0 Å². The van der Waals surface area contributed by atoms with Gasteiger partial charge in [0.05, 0.1) is 11.1 Å². The van der Waals surface area contributed by atoms with Gasteiger partial charge in [0.25, 0.3) is 0 Å². The molecule has 1 aliphatic rings. The predicted molar refractivity (Wildman–Crippen MR) is 96.7 cm³/mol. The molecule has 2 aromatic rings. The smallest absolute Gasteiger partial charge is 0.0803 e. The van der Waals surface area contributed by atoms with Crippen molar-refractivity contribution in [3.8, 4) is 0 Å². The molecule has 0 amide bonds. The fourth-order valence-electron chi connectivity index (χ4n) is 2.75. The second kappa shape index (κ2) is 7.66. The van der Waals surface area contributed by atoms with E-state index in [9.17, 15) is 5.11 Å². The van der Waals surface area contributed by atoms with Gasteiger partial charge < -0.3 is 15.7 Å². The first-order valence-electron chi connectivity index (χ1n) is 6.83. The van der Waals surface area contributed by atoms with E-state index in [0.717, 1.165) is 29.7 Å². The van der Waals surface area contributed by atoms with Gasteiger partial charge in [0.15, 0.2) is 0 Å². The summed E-state index contributed by atoms with van der Waals surface area (Å²) in [6.07, 6.45) is 3.19. The lowest BCUT2D eigenvalue weighted by molar-refractivity contribution is 0.0250. The quantitative estimate of drug-likeness (QED) is 0.860. The highest BCUT2D eigenvalue weighted by atomic mass is 35.5. The number of fused-ring (bicyclic) bond motifs is 1. The Morgan fingerprint density at radius 3 is 2.55 bits per heavy atom. The number of benzene rings is 1. The predicted octanol–water partition coefficient (Wildman–Crippen LogP) is 3.02. The van der Waals surface area contributed by atoms with Gasteiger partial charge >= 0.3 is 0 Å². The Morgan fingerprint density at radius 2 is 1.91 bits per heavy atom. The number of anilines is 1. The van der Waals surface area contributed by atoms with Crippen molar-refractivity contribution in [2.75, 3.05) is 24.5 Å². The van der Waals surface area contributed by atoms with Crippen LogP contribution in [-0.4, -0.2) is 35.3 Å². The van der Waals surface area contributed by atoms with E-state index in [1.807, 2.05) is 30.5 Å².